The van der Waals surface area contributed by atoms with Gasteiger partial charge in [0.1, 0.15) is 23.8 Å². The molecule has 4 heteroatoms. The van der Waals surface area contributed by atoms with E-state index in [2.05, 4.69) is 37.9 Å². The second-order valence-electron chi connectivity index (χ2n) is 8.26. The maximum atomic E-state index is 10.5. The van der Waals surface area contributed by atoms with Gasteiger partial charge in [-0.05, 0) is 49.1 Å². The molecule has 0 spiro atoms. The van der Waals surface area contributed by atoms with Crippen molar-refractivity contribution in [1.82, 2.24) is 9.55 Å². The maximum Gasteiger partial charge on any atom is 0.141 e. The number of imidazole rings is 1. The van der Waals surface area contributed by atoms with Crippen molar-refractivity contribution in [2.75, 3.05) is 6.61 Å². The zero-order valence-electron chi connectivity index (χ0n) is 16.3. The van der Waals surface area contributed by atoms with Crippen LogP contribution in [-0.4, -0.2) is 21.3 Å². The van der Waals surface area contributed by atoms with Gasteiger partial charge in [0.2, 0.25) is 0 Å². The minimum absolute atomic E-state index is 0.135. The molecule has 2 aromatic carbocycles. The summed E-state index contributed by atoms with van der Waals surface area (Å²) in [6.07, 6.45) is 0. The topological polar surface area (TPSA) is 47.3 Å². The Labute approximate surface area is 155 Å². The van der Waals surface area contributed by atoms with Gasteiger partial charge in [0.15, 0.2) is 0 Å². The van der Waals surface area contributed by atoms with Crippen molar-refractivity contribution in [2.24, 2.45) is 0 Å². The Morgan fingerprint density at radius 2 is 1.62 bits per heavy atom. The summed E-state index contributed by atoms with van der Waals surface area (Å²) in [6.45, 7) is 11.3. The molecule has 1 N–H and O–H groups in total. The van der Waals surface area contributed by atoms with Crippen LogP contribution in [0.15, 0.2) is 48.5 Å². The summed E-state index contributed by atoms with van der Waals surface area (Å²) in [5.41, 5.74) is 2.31. The van der Waals surface area contributed by atoms with Crippen molar-refractivity contribution in [3.05, 3.63) is 59.9 Å². The van der Waals surface area contributed by atoms with E-state index in [0.717, 1.165) is 16.8 Å². The first-order valence-corrected chi connectivity index (χ1v) is 9.08. The van der Waals surface area contributed by atoms with Crippen LogP contribution in [0.1, 0.15) is 46.0 Å². The molecule has 0 atom stereocenters. The van der Waals surface area contributed by atoms with Gasteiger partial charge in [0.25, 0.3) is 0 Å². The largest absolute Gasteiger partial charge is 0.492 e. The number of aliphatic hydroxyl groups is 1. The Bertz CT molecular complexity index is 881. The summed E-state index contributed by atoms with van der Waals surface area (Å²) in [5, 5.41) is 10.5. The van der Waals surface area contributed by atoms with Gasteiger partial charge in [-0.15, -0.1) is 0 Å². The minimum atomic E-state index is -1.01. The molecule has 0 saturated carbocycles. The monoisotopic (exact) mass is 352 g/mol. The molecular weight excluding hydrogens is 324 g/mol. The molecule has 4 nitrogen and oxygen atoms in total. The molecule has 0 radical (unpaired) electrons. The lowest BCUT2D eigenvalue weighted by Gasteiger charge is -2.20. The third-order valence-electron chi connectivity index (χ3n) is 4.51. The van der Waals surface area contributed by atoms with Crippen molar-refractivity contribution < 1.29 is 9.84 Å². The molecule has 0 amide bonds. The van der Waals surface area contributed by atoms with Crippen molar-refractivity contribution in [3.63, 3.8) is 0 Å². The predicted molar refractivity (Wildman–Crippen MR) is 106 cm³/mol. The number of hydrogen-bond donors (Lipinski definition) is 1. The lowest BCUT2D eigenvalue weighted by Crippen LogP contribution is -2.23. The molecule has 0 saturated heterocycles. The van der Waals surface area contributed by atoms with Crippen LogP contribution in [0.5, 0.6) is 5.75 Å². The van der Waals surface area contributed by atoms with E-state index < -0.39 is 5.60 Å². The minimum Gasteiger partial charge on any atom is -0.492 e. The van der Waals surface area contributed by atoms with Gasteiger partial charge in [0, 0.05) is 0 Å². The van der Waals surface area contributed by atoms with Crippen molar-refractivity contribution in [2.45, 2.75) is 52.2 Å². The molecule has 26 heavy (non-hydrogen) atoms. The highest BCUT2D eigenvalue weighted by Crippen LogP contribution is 2.26. The van der Waals surface area contributed by atoms with E-state index in [0.29, 0.717) is 19.0 Å². The van der Waals surface area contributed by atoms with Crippen LogP contribution >= 0.6 is 0 Å². The van der Waals surface area contributed by atoms with Crippen LogP contribution in [0.4, 0.5) is 0 Å². The van der Waals surface area contributed by atoms with Crippen LogP contribution in [-0.2, 0) is 17.6 Å². The van der Waals surface area contributed by atoms with E-state index in [9.17, 15) is 5.11 Å². The number of aromatic nitrogens is 2. The summed E-state index contributed by atoms with van der Waals surface area (Å²) in [6, 6.07) is 16.2. The molecular formula is C22H28N2O2. The Balaban J connectivity index is 1.76. The van der Waals surface area contributed by atoms with E-state index in [1.807, 2.05) is 41.0 Å². The van der Waals surface area contributed by atoms with Gasteiger partial charge >= 0.3 is 0 Å². The summed E-state index contributed by atoms with van der Waals surface area (Å²) in [4.78, 5) is 4.61. The summed E-state index contributed by atoms with van der Waals surface area (Å²) < 4.78 is 7.97. The molecule has 0 aliphatic rings. The molecule has 1 aromatic heterocycles. The average Bonchev–Trinajstić information content (AvgIpc) is 2.94. The summed E-state index contributed by atoms with van der Waals surface area (Å²) >= 11 is 0. The Hall–Kier alpha value is -2.33. The van der Waals surface area contributed by atoms with E-state index in [-0.39, 0.29) is 5.41 Å². The third-order valence-corrected chi connectivity index (χ3v) is 4.51. The number of nitrogens with zero attached hydrogens (tertiary/aromatic N) is 2. The second kappa shape index (κ2) is 6.76. The zero-order chi connectivity index (χ0) is 18.9. The first kappa shape index (κ1) is 18.5. The molecule has 1 heterocycles. The average molecular weight is 352 g/mol. The zero-order valence-corrected chi connectivity index (χ0v) is 16.3. The van der Waals surface area contributed by atoms with E-state index in [4.69, 9.17) is 4.74 Å². The molecule has 0 fully saturated rings. The highest BCUT2D eigenvalue weighted by molar-refractivity contribution is 5.76. The lowest BCUT2D eigenvalue weighted by atomic mass is 9.87. The van der Waals surface area contributed by atoms with Gasteiger partial charge < -0.3 is 14.4 Å². The second-order valence-corrected chi connectivity index (χ2v) is 8.26. The normalized spacial score (nSPS) is 12.5. The van der Waals surface area contributed by atoms with Gasteiger partial charge in [-0.3, -0.25) is 0 Å². The number of para-hydroxylation sites is 2. The third kappa shape index (κ3) is 3.91. The quantitative estimate of drug-likeness (QED) is 0.728. The fourth-order valence-corrected chi connectivity index (χ4v) is 3.07. The number of rotatable bonds is 5. The smallest absolute Gasteiger partial charge is 0.141 e. The van der Waals surface area contributed by atoms with Crippen molar-refractivity contribution >= 4 is 11.0 Å². The first-order chi connectivity index (χ1) is 12.2. The number of fused-ring (bicyclic) bond motifs is 1. The van der Waals surface area contributed by atoms with E-state index in [1.54, 1.807) is 13.8 Å². The van der Waals surface area contributed by atoms with Gasteiger partial charge in [-0.2, -0.15) is 0 Å². The summed E-state index contributed by atoms with van der Waals surface area (Å²) in [7, 11) is 0. The van der Waals surface area contributed by atoms with Gasteiger partial charge in [-0.1, -0.05) is 45.0 Å². The van der Waals surface area contributed by atoms with Gasteiger partial charge in [0.05, 0.1) is 17.6 Å². The molecule has 0 bridgehead atoms. The Morgan fingerprint density at radius 1 is 0.962 bits per heavy atom. The fourth-order valence-electron chi connectivity index (χ4n) is 3.07. The number of ether oxygens (including phenoxy) is 1. The van der Waals surface area contributed by atoms with Crippen LogP contribution in [0.2, 0.25) is 0 Å². The summed E-state index contributed by atoms with van der Waals surface area (Å²) in [5.74, 6) is 1.51. The fraction of sp³-hybridized carbons (Fsp3) is 0.409. The molecule has 138 valence electrons. The van der Waals surface area contributed by atoms with Crippen LogP contribution in [0, 0.1) is 0 Å². The van der Waals surface area contributed by atoms with E-state index in [1.165, 1.54) is 5.56 Å². The first-order valence-electron chi connectivity index (χ1n) is 9.08. The van der Waals surface area contributed by atoms with Crippen molar-refractivity contribution in [3.8, 4) is 5.75 Å². The molecule has 0 aliphatic carbocycles. The number of benzene rings is 2. The highest BCUT2D eigenvalue weighted by atomic mass is 16.5. The Morgan fingerprint density at radius 3 is 2.23 bits per heavy atom. The highest BCUT2D eigenvalue weighted by Gasteiger charge is 2.24. The molecule has 3 rings (SSSR count). The van der Waals surface area contributed by atoms with E-state index >= 15 is 0 Å². The number of hydrogen-bond acceptors (Lipinski definition) is 3. The molecule has 0 unspecified atom stereocenters. The predicted octanol–water partition coefficient (Wildman–Crippen LogP) is 4.64. The van der Waals surface area contributed by atoms with Crippen LogP contribution < -0.4 is 4.74 Å². The SMILES string of the molecule is CC(C)(C)c1ccc(OCCn2c(C(C)(C)O)nc3ccccc32)cc1. The maximum absolute atomic E-state index is 10.5. The molecule has 3 aromatic rings. The van der Waals surface area contributed by atoms with Gasteiger partial charge in [-0.25, -0.2) is 4.98 Å². The Kier molecular flexibility index (Phi) is 4.80. The standard InChI is InChI=1S/C22H28N2O2/c1-21(2,3)16-10-12-17(13-11-16)26-15-14-24-19-9-7-6-8-18(19)23-20(24)22(4,5)25/h6-13,25H,14-15H2,1-5H3. The lowest BCUT2D eigenvalue weighted by molar-refractivity contribution is 0.0644. The van der Waals surface area contributed by atoms with Crippen LogP contribution in [0.25, 0.3) is 11.0 Å². The van der Waals surface area contributed by atoms with Crippen molar-refractivity contribution in [1.29, 1.82) is 0 Å². The molecule has 0 aliphatic heterocycles. The van der Waals surface area contributed by atoms with Crippen LogP contribution in [0.3, 0.4) is 0 Å².